The molecule has 0 fully saturated rings. The first-order valence-corrected chi connectivity index (χ1v) is 23.6. The van der Waals surface area contributed by atoms with Crippen LogP contribution in [-0.4, -0.2) is 49.9 Å². The van der Waals surface area contributed by atoms with Crippen LogP contribution in [0.25, 0.3) is 0 Å². The molecular formula is C48H98N2O. The first kappa shape index (κ1) is 50.4. The van der Waals surface area contributed by atoms with Gasteiger partial charge in [-0.3, -0.25) is 4.79 Å². The van der Waals surface area contributed by atoms with Crippen molar-refractivity contribution in [2.75, 3.05) is 34.2 Å². The lowest BCUT2D eigenvalue weighted by molar-refractivity contribution is -0.130. The second kappa shape index (κ2) is 37.7. The number of amides is 1. The summed E-state index contributed by atoms with van der Waals surface area (Å²) in [6.45, 7) is 13.9. The molecule has 0 radical (unpaired) electrons. The molecule has 3 nitrogen and oxygen atoms in total. The molecule has 0 aliphatic carbocycles. The van der Waals surface area contributed by atoms with Crippen molar-refractivity contribution in [3.05, 3.63) is 0 Å². The minimum absolute atomic E-state index is 0.317. The van der Waals surface area contributed by atoms with E-state index in [0.29, 0.717) is 24.2 Å². The first-order chi connectivity index (χ1) is 24.7. The molecule has 0 N–H and O–H groups in total. The van der Waals surface area contributed by atoms with Crippen molar-refractivity contribution in [2.24, 2.45) is 23.7 Å². The molecule has 0 aromatic carbocycles. The molecule has 0 saturated carbocycles. The maximum absolute atomic E-state index is 12.8. The van der Waals surface area contributed by atoms with Crippen LogP contribution in [-0.2, 0) is 4.79 Å². The van der Waals surface area contributed by atoms with E-state index in [1.165, 1.54) is 199 Å². The largest absolute Gasteiger partial charge is 0.345 e. The summed E-state index contributed by atoms with van der Waals surface area (Å²) >= 11 is 0. The predicted octanol–water partition coefficient (Wildman–Crippen LogP) is 15.4. The summed E-state index contributed by atoms with van der Waals surface area (Å²) in [6.07, 6.45) is 46.3. The van der Waals surface area contributed by atoms with E-state index in [4.69, 9.17) is 0 Å². The molecule has 3 unspecified atom stereocenters. The van der Waals surface area contributed by atoms with Gasteiger partial charge in [0.2, 0.25) is 5.91 Å². The van der Waals surface area contributed by atoms with Crippen LogP contribution in [0.5, 0.6) is 0 Å². The highest BCUT2D eigenvalue weighted by atomic mass is 16.2. The Labute approximate surface area is 324 Å². The number of hydrogen-bond donors (Lipinski definition) is 0. The molecule has 3 heteroatoms. The molecule has 0 aromatic rings. The van der Waals surface area contributed by atoms with Gasteiger partial charge in [0.25, 0.3) is 0 Å². The zero-order valence-corrected chi connectivity index (χ0v) is 36.9. The molecule has 306 valence electrons. The molecule has 0 spiro atoms. The third-order valence-corrected chi connectivity index (χ3v) is 12.4. The lowest BCUT2D eigenvalue weighted by atomic mass is 9.77. The van der Waals surface area contributed by atoms with Crippen molar-refractivity contribution in [1.29, 1.82) is 0 Å². The van der Waals surface area contributed by atoms with E-state index in [2.05, 4.69) is 53.6 Å². The molecule has 0 aliphatic rings. The third kappa shape index (κ3) is 33.7. The minimum Gasteiger partial charge on any atom is -0.345 e. The topological polar surface area (TPSA) is 23.6 Å². The Morgan fingerprint density at radius 2 is 0.784 bits per heavy atom. The number of carbonyl (C=O) groups is 1. The summed E-state index contributed by atoms with van der Waals surface area (Å²) in [6, 6.07) is 0. The summed E-state index contributed by atoms with van der Waals surface area (Å²) in [7, 11) is 6.20. The quantitative estimate of drug-likeness (QED) is 0.0589. The fraction of sp³-hybridized carbons (Fsp3) is 0.979. The molecule has 0 bridgehead atoms. The van der Waals surface area contributed by atoms with Crippen LogP contribution < -0.4 is 0 Å². The molecule has 0 heterocycles. The van der Waals surface area contributed by atoms with E-state index in [9.17, 15) is 4.79 Å². The number of nitrogens with zero attached hydrogens (tertiary/aromatic N) is 2. The SMILES string of the molecule is CCCCCCCCCCCCCCCCC(CCCCCCCCCCCCCCCC)CC(C)C(C)C(C)CN(C)C(=O)CCCN(C)C. The highest BCUT2D eigenvalue weighted by Gasteiger charge is 2.24. The smallest absolute Gasteiger partial charge is 0.222 e. The lowest BCUT2D eigenvalue weighted by Gasteiger charge is -2.32. The van der Waals surface area contributed by atoms with Gasteiger partial charge in [0, 0.05) is 20.0 Å². The zero-order valence-electron chi connectivity index (χ0n) is 36.9. The van der Waals surface area contributed by atoms with Gasteiger partial charge in [-0.2, -0.15) is 0 Å². The molecule has 0 aliphatic heterocycles. The number of hydrogen-bond acceptors (Lipinski definition) is 2. The van der Waals surface area contributed by atoms with Gasteiger partial charge in [-0.1, -0.05) is 227 Å². The van der Waals surface area contributed by atoms with Crippen LogP contribution in [0.4, 0.5) is 0 Å². The standard InChI is InChI=1S/C48H98N2O/c1-9-11-13-15-17-19-21-23-25-27-29-31-33-35-38-47(39-36-34-32-30-28-26-24-22-20-18-16-14-12-10-2)42-44(3)46(5)45(4)43-50(8)48(51)40-37-41-49(6)7/h44-47H,9-43H2,1-8H3. The van der Waals surface area contributed by atoms with Crippen LogP contribution in [0.15, 0.2) is 0 Å². The van der Waals surface area contributed by atoms with Gasteiger partial charge in [0.1, 0.15) is 0 Å². The van der Waals surface area contributed by atoms with Gasteiger partial charge in [0.15, 0.2) is 0 Å². The van der Waals surface area contributed by atoms with E-state index >= 15 is 0 Å². The molecule has 3 atom stereocenters. The normalized spacial score (nSPS) is 13.7. The Kier molecular flexibility index (Phi) is 37.3. The molecule has 0 rings (SSSR count). The van der Waals surface area contributed by atoms with Crippen LogP contribution >= 0.6 is 0 Å². The van der Waals surface area contributed by atoms with Crippen molar-refractivity contribution >= 4 is 5.91 Å². The van der Waals surface area contributed by atoms with E-state index in [0.717, 1.165) is 31.3 Å². The Morgan fingerprint density at radius 3 is 1.12 bits per heavy atom. The maximum atomic E-state index is 12.8. The van der Waals surface area contributed by atoms with Crippen LogP contribution in [0.2, 0.25) is 0 Å². The number of unbranched alkanes of at least 4 members (excludes halogenated alkanes) is 26. The third-order valence-electron chi connectivity index (χ3n) is 12.4. The van der Waals surface area contributed by atoms with Gasteiger partial charge in [-0.25, -0.2) is 0 Å². The summed E-state index contributed by atoms with van der Waals surface area (Å²) < 4.78 is 0. The fourth-order valence-corrected chi connectivity index (χ4v) is 8.37. The molecule has 51 heavy (non-hydrogen) atoms. The minimum atomic E-state index is 0.317. The van der Waals surface area contributed by atoms with Crippen LogP contribution in [0, 0.1) is 23.7 Å². The van der Waals surface area contributed by atoms with Crippen molar-refractivity contribution in [3.63, 3.8) is 0 Å². The van der Waals surface area contributed by atoms with Gasteiger partial charge in [0.05, 0.1) is 0 Å². The number of rotatable bonds is 40. The van der Waals surface area contributed by atoms with Crippen molar-refractivity contribution in [1.82, 2.24) is 9.80 Å². The van der Waals surface area contributed by atoms with Crippen molar-refractivity contribution in [2.45, 2.75) is 247 Å². The Hall–Kier alpha value is -0.570. The fourth-order valence-electron chi connectivity index (χ4n) is 8.37. The summed E-state index contributed by atoms with van der Waals surface area (Å²) in [5, 5.41) is 0. The number of carbonyl (C=O) groups excluding carboxylic acids is 1. The highest BCUT2D eigenvalue weighted by Crippen LogP contribution is 2.32. The zero-order chi connectivity index (χ0) is 37.8. The average Bonchev–Trinajstić information content (AvgIpc) is 3.10. The van der Waals surface area contributed by atoms with Crippen molar-refractivity contribution in [3.8, 4) is 0 Å². The van der Waals surface area contributed by atoms with Gasteiger partial charge >= 0.3 is 0 Å². The van der Waals surface area contributed by atoms with Crippen LogP contribution in [0.3, 0.4) is 0 Å². The molecule has 0 aromatic heterocycles. The molecule has 1 amide bonds. The summed E-state index contributed by atoms with van der Waals surface area (Å²) in [5.74, 6) is 3.12. The maximum Gasteiger partial charge on any atom is 0.222 e. The van der Waals surface area contributed by atoms with Crippen LogP contribution in [0.1, 0.15) is 247 Å². The van der Waals surface area contributed by atoms with Gasteiger partial charge < -0.3 is 9.80 Å². The van der Waals surface area contributed by atoms with Gasteiger partial charge in [-0.15, -0.1) is 0 Å². The van der Waals surface area contributed by atoms with Gasteiger partial charge in [-0.05, 0) is 57.2 Å². The Bertz CT molecular complexity index is 675. The Balaban J connectivity index is 4.48. The Morgan fingerprint density at radius 1 is 0.451 bits per heavy atom. The first-order valence-electron chi connectivity index (χ1n) is 23.6. The second-order valence-electron chi connectivity index (χ2n) is 17.9. The molecule has 0 saturated heterocycles. The van der Waals surface area contributed by atoms with E-state index < -0.39 is 0 Å². The van der Waals surface area contributed by atoms with E-state index in [1.54, 1.807) is 0 Å². The van der Waals surface area contributed by atoms with E-state index in [-0.39, 0.29) is 0 Å². The molecular weight excluding hydrogens is 621 g/mol. The summed E-state index contributed by atoms with van der Waals surface area (Å²) in [4.78, 5) is 17.0. The second-order valence-corrected chi connectivity index (χ2v) is 17.9. The monoisotopic (exact) mass is 719 g/mol. The van der Waals surface area contributed by atoms with E-state index in [1.807, 2.05) is 11.9 Å². The van der Waals surface area contributed by atoms with Crippen molar-refractivity contribution < 1.29 is 4.79 Å². The highest BCUT2D eigenvalue weighted by molar-refractivity contribution is 5.75. The summed E-state index contributed by atoms with van der Waals surface area (Å²) in [5.41, 5.74) is 0. The predicted molar refractivity (Wildman–Crippen MR) is 231 cm³/mol. The lowest BCUT2D eigenvalue weighted by Crippen LogP contribution is -2.35. The average molecular weight is 719 g/mol.